The first-order valence-corrected chi connectivity index (χ1v) is 10.6. The molecule has 0 heterocycles. The molecule has 3 aromatic carbocycles. The minimum absolute atomic E-state index is 0.0401. The molecule has 0 spiro atoms. The zero-order valence-corrected chi connectivity index (χ0v) is 18.2. The molecule has 1 unspecified atom stereocenters. The molecule has 1 amide bonds. The number of benzene rings is 3. The van der Waals surface area contributed by atoms with Crippen LogP contribution in [0.2, 0.25) is 0 Å². The van der Waals surface area contributed by atoms with Gasteiger partial charge in [0, 0.05) is 6.42 Å². The Morgan fingerprint density at radius 1 is 0.939 bits per heavy atom. The van der Waals surface area contributed by atoms with Gasteiger partial charge in [-0.1, -0.05) is 54.1 Å². The van der Waals surface area contributed by atoms with E-state index >= 15 is 0 Å². The Morgan fingerprint density at radius 2 is 1.52 bits per heavy atom. The van der Waals surface area contributed by atoms with Gasteiger partial charge < -0.3 is 15.2 Å². The smallest absolute Gasteiger partial charge is 0.416 e. The number of ether oxygens (including phenoxy) is 1. The second kappa shape index (κ2) is 11.0. The van der Waals surface area contributed by atoms with E-state index in [-0.39, 0.29) is 18.9 Å². The molecular formula is C26H26F3NO3. The van der Waals surface area contributed by atoms with Crippen LogP contribution in [0, 0.1) is 6.92 Å². The van der Waals surface area contributed by atoms with Gasteiger partial charge in [-0.3, -0.25) is 4.79 Å². The van der Waals surface area contributed by atoms with Gasteiger partial charge in [0.25, 0.3) is 0 Å². The van der Waals surface area contributed by atoms with Crippen molar-refractivity contribution in [1.29, 1.82) is 0 Å². The minimum Gasteiger partial charge on any atom is -0.494 e. The van der Waals surface area contributed by atoms with Crippen LogP contribution in [-0.4, -0.2) is 17.6 Å². The highest BCUT2D eigenvalue weighted by atomic mass is 19.4. The van der Waals surface area contributed by atoms with Crippen molar-refractivity contribution in [2.24, 2.45) is 0 Å². The summed E-state index contributed by atoms with van der Waals surface area (Å²) < 4.78 is 44.4. The molecule has 33 heavy (non-hydrogen) atoms. The summed E-state index contributed by atoms with van der Waals surface area (Å²) in [6, 6.07) is 18.8. The lowest BCUT2D eigenvalue weighted by molar-refractivity contribution is -0.137. The lowest BCUT2D eigenvalue weighted by atomic mass is 9.96. The van der Waals surface area contributed by atoms with E-state index in [0.29, 0.717) is 24.3 Å². The summed E-state index contributed by atoms with van der Waals surface area (Å²) in [6.45, 7) is 2.23. The fourth-order valence-corrected chi connectivity index (χ4v) is 3.33. The minimum atomic E-state index is -4.42. The van der Waals surface area contributed by atoms with E-state index in [4.69, 9.17) is 9.84 Å². The molecule has 0 radical (unpaired) electrons. The topological polar surface area (TPSA) is 58.6 Å². The molecule has 7 heteroatoms. The summed E-state index contributed by atoms with van der Waals surface area (Å²) >= 11 is 0. The normalized spacial score (nSPS) is 12.3. The van der Waals surface area contributed by atoms with Gasteiger partial charge in [-0.2, -0.15) is 13.2 Å². The third-order valence-corrected chi connectivity index (χ3v) is 5.21. The first-order chi connectivity index (χ1) is 15.8. The highest BCUT2D eigenvalue weighted by Gasteiger charge is 2.30. The number of aliphatic hydroxyl groups excluding tert-OH is 1. The second-order valence-corrected chi connectivity index (χ2v) is 7.79. The molecule has 1 atom stereocenters. The zero-order valence-electron chi connectivity index (χ0n) is 18.2. The molecule has 0 aromatic heterocycles. The van der Waals surface area contributed by atoms with Gasteiger partial charge in [-0.25, -0.2) is 0 Å². The molecule has 0 bridgehead atoms. The summed E-state index contributed by atoms with van der Waals surface area (Å²) in [5.41, 5.74) is 2.45. The number of rotatable bonds is 9. The van der Waals surface area contributed by atoms with Crippen LogP contribution < -0.4 is 10.1 Å². The third kappa shape index (κ3) is 7.08. The number of aliphatic hydroxyl groups is 1. The second-order valence-electron chi connectivity index (χ2n) is 7.79. The van der Waals surface area contributed by atoms with E-state index in [2.05, 4.69) is 5.32 Å². The predicted molar refractivity (Wildman–Crippen MR) is 120 cm³/mol. The lowest BCUT2D eigenvalue weighted by Crippen LogP contribution is -2.29. The Kier molecular flexibility index (Phi) is 8.11. The fraction of sp³-hybridized carbons (Fsp3) is 0.269. The quantitative estimate of drug-likeness (QED) is 0.413. The molecule has 0 aliphatic rings. The van der Waals surface area contributed by atoms with Gasteiger partial charge in [0.1, 0.15) is 5.75 Å². The van der Waals surface area contributed by atoms with Crippen LogP contribution in [-0.2, 0) is 17.6 Å². The maximum absolute atomic E-state index is 12.9. The van der Waals surface area contributed by atoms with Crippen molar-refractivity contribution in [3.8, 4) is 5.75 Å². The summed E-state index contributed by atoms with van der Waals surface area (Å²) in [5, 5.41) is 12.0. The van der Waals surface area contributed by atoms with Crippen LogP contribution in [0.25, 0.3) is 0 Å². The first kappa shape index (κ1) is 24.3. The van der Waals surface area contributed by atoms with E-state index in [9.17, 15) is 18.0 Å². The molecule has 2 N–H and O–H groups in total. The molecule has 3 aromatic rings. The van der Waals surface area contributed by atoms with Crippen molar-refractivity contribution >= 4 is 5.91 Å². The van der Waals surface area contributed by atoms with Crippen LogP contribution in [0.1, 0.15) is 46.7 Å². The van der Waals surface area contributed by atoms with Crippen LogP contribution in [0.15, 0.2) is 72.8 Å². The van der Waals surface area contributed by atoms with Crippen LogP contribution in [0.5, 0.6) is 5.75 Å². The monoisotopic (exact) mass is 457 g/mol. The number of halogens is 3. The maximum atomic E-state index is 12.9. The highest BCUT2D eigenvalue weighted by molar-refractivity contribution is 5.77. The van der Waals surface area contributed by atoms with Crippen molar-refractivity contribution in [3.63, 3.8) is 0 Å². The van der Waals surface area contributed by atoms with Gasteiger partial charge in [-0.05, 0) is 54.3 Å². The van der Waals surface area contributed by atoms with Crippen molar-refractivity contribution in [2.75, 3.05) is 6.61 Å². The van der Waals surface area contributed by atoms with Gasteiger partial charge in [0.15, 0.2) is 0 Å². The Morgan fingerprint density at radius 3 is 2.06 bits per heavy atom. The number of carbonyl (C=O) groups excluding carboxylic acids is 1. The van der Waals surface area contributed by atoms with E-state index < -0.39 is 17.8 Å². The molecule has 0 fully saturated rings. The standard InChI is InChI=1S/C26H26F3NO3/c1-18-4-8-20(9-5-18)25(21-10-12-22(13-11-21)26(27,28)29)30-24(32)3-2-16-33-23-14-6-19(17-31)7-15-23/h4-15,25,31H,2-3,16-17H2,1H3,(H,30,32). The average molecular weight is 457 g/mol. The van der Waals surface area contributed by atoms with E-state index in [0.717, 1.165) is 28.8 Å². The molecule has 0 aliphatic heterocycles. The van der Waals surface area contributed by atoms with Gasteiger partial charge in [-0.15, -0.1) is 0 Å². The maximum Gasteiger partial charge on any atom is 0.416 e. The van der Waals surface area contributed by atoms with Gasteiger partial charge in [0.05, 0.1) is 24.8 Å². The van der Waals surface area contributed by atoms with E-state index in [1.54, 1.807) is 24.3 Å². The molecule has 3 rings (SSSR count). The zero-order chi connectivity index (χ0) is 23.8. The molecule has 0 saturated heterocycles. The van der Waals surface area contributed by atoms with Gasteiger partial charge >= 0.3 is 6.18 Å². The number of aryl methyl sites for hydroxylation is 1. The summed E-state index contributed by atoms with van der Waals surface area (Å²) in [5.74, 6) is 0.426. The summed E-state index contributed by atoms with van der Waals surface area (Å²) in [7, 11) is 0. The number of amides is 1. The van der Waals surface area contributed by atoms with Gasteiger partial charge in [0.2, 0.25) is 5.91 Å². The van der Waals surface area contributed by atoms with Crippen molar-refractivity contribution in [3.05, 3.63) is 101 Å². The number of carbonyl (C=O) groups is 1. The third-order valence-electron chi connectivity index (χ3n) is 5.21. The summed E-state index contributed by atoms with van der Waals surface area (Å²) in [6.07, 6.45) is -3.74. The Balaban J connectivity index is 1.63. The molecule has 174 valence electrons. The number of nitrogens with one attached hydrogen (secondary N) is 1. The lowest BCUT2D eigenvalue weighted by Gasteiger charge is -2.21. The average Bonchev–Trinajstić information content (AvgIpc) is 2.81. The van der Waals surface area contributed by atoms with Crippen molar-refractivity contribution < 1.29 is 27.8 Å². The predicted octanol–water partition coefficient (Wildman–Crippen LogP) is 5.57. The largest absolute Gasteiger partial charge is 0.494 e. The van der Waals surface area contributed by atoms with Crippen molar-refractivity contribution in [1.82, 2.24) is 5.32 Å². The van der Waals surface area contributed by atoms with Crippen LogP contribution in [0.4, 0.5) is 13.2 Å². The fourth-order valence-electron chi connectivity index (χ4n) is 3.33. The Labute approximate surface area is 191 Å². The van der Waals surface area contributed by atoms with Crippen molar-refractivity contribution in [2.45, 2.75) is 38.6 Å². The molecule has 0 saturated carbocycles. The number of hydrogen-bond acceptors (Lipinski definition) is 3. The number of hydrogen-bond donors (Lipinski definition) is 2. The Hall–Kier alpha value is -3.32. The Bertz CT molecular complexity index is 1030. The van der Waals surface area contributed by atoms with Crippen LogP contribution >= 0.6 is 0 Å². The summed E-state index contributed by atoms with van der Waals surface area (Å²) in [4.78, 5) is 12.6. The van der Waals surface area contributed by atoms with Crippen LogP contribution in [0.3, 0.4) is 0 Å². The molecule has 0 aliphatic carbocycles. The SMILES string of the molecule is Cc1ccc(C(NC(=O)CCCOc2ccc(CO)cc2)c2ccc(C(F)(F)F)cc2)cc1. The number of alkyl halides is 3. The first-order valence-electron chi connectivity index (χ1n) is 10.6. The highest BCUT2D eigenvalue weighted by Crippen LogP contribution is 2.31. The van der Waals surface area contributed by atoms with E-state index in [1.807, 2.05) is 31.2 Å². The van der Waals surface area contributed by atoms with E-state index in [1.165, 1.54) is 12.1 Å². The molecule has 4 nitrogen and oxygen atoms in total. The molecular weight excluding hydrogens is 431 g/mol.